The molecule has 1 aliphatic carbocycles. The summed E-state index contributed by atoms with van der Waals surface area (Å²) in [7, 11) is 0. The quantitative estimate of drug-likeness (QED) is 0.798. The van der Waals surface area contributed by atoms with E-state index in [0.29, 0.717) is 17.3 Å². The number of aliphatic hydroxyl groups is 1. The maximum absolute atomic E-state index is 9.37. The molecule has 0 bridgehead atoms. The van der Waals surface area contributed by atoms with Crippen molar-refractivity contribution < 1.29 is 5.11 Å². The molecular weight excluding hydrogens is 218 g/mol. The number of hydrogen-bond acceptors (Lipinski definition) is 5. The van der Waals surface area contributed by atoms with Gasteiger partial charge in [-0.2, -0.15) is 0 Å². The molecule has 3 rings (SSSR count). The van der Waals surface area contributed by atoms with E-state index in [1.54, 1.807) is 6.33 Å². The van der Waals surface area contributed by atoms with Gasteiger partial charge < -0.3 is 15.4 Å². The first-order chi connectivity index (χ1) is 8.31. The van der Waals surface area contributed by atoms with Crippen molar-refractivity contribution in [1.29, 1.82) is 0 Å². The van der Waals surface area contributed by atoms with Crippen LogP contribution in [0.15, 0.2) is 12.7 Å². The number of rotatable bonds is 2. The predicted molar refractivity (Wildman–Crippen MR) is 63.2 cm³/mol. The summed E-state index contributed by atoms with van der Waals surface area (Å²) in [6, 6.07) is 0.277. The highest BCUT2D eigenvalue weighted by atomic mass is 16.3. The Morgan fingerprint density at radius 3 is 3.06 bits per heavy atom. The van der Waals surface area contributed by atoms with Crippen LogP contribution >= 0.6 is 0 Å². The SMILES string of the molecule is Nc1ncnc2c1ncn2[C@@H]1CCC[C@@H]1CO. The van der Waals surface area contributed by atoms with E-state index >= 15 is 0 Å². The molecule has 0 spiro atoms. The average molecular weight is 233 g/mol. The van der Waals surface area contributed by atoms with Crippen molar-refractivity contribution in [2.24, 2.45) is 5.92 Å². The summed E-state index contributed by atoms with van der Waals surface area (Å²) in [4.78, 5) is 12.4. The number of nitrogens with zero attached hydrogens (tertiary/aromatic N) is 4. The van der Waals surface area contributed by atoms with Crippen LogP contribution in [0.1, 0.15) is 25.3 Å². The smallest absolute Gasteiger partial charge is 0.165 e. The second-order valence-electron chi connectivity index (χ2n) is 4.52. The molecule has 0 saturated heterocycles. The maximum atomic E-state index is 9.37. The Morgan fingerprint density at radius 1 is 1.35 bits per heavy atom. The molecule has 2 aromatic rings. The second kappa shape index (κ2) is 3.96. The van der Waals surface area contributed by atoms with E-state index in [4.69, 9.17) is 5.73 Å². The zero-order chi connectivity index (χ0) is 11.8. The molecule has 3 N–H and O–H groups in total. The van der Waals surface area contributed by atoms with Crippen LogP contribution in [0.3, 0.4) is 0 Å². The van der Waals surface area contributed by atoms with E-state index in [9.17, 15) is 5.11 Å². The summed E-state index contributed by atoms with van der Waals surface area (Å²) in [5.41, 5.74) is 7.17. The Morgan fingerprint density at radius 2 is 2.24 bits per heavy atom. The van der Waals surface area contributed by atoms with Crippen LogP contribution in [0.5, 0.6) is 0 Å². The molecule has 6 nitrogen and oxygen atoms in total. The average Bonchev–Trinajstić information content (AvgIpc) is 2.94. The monoisotopic (exact) mass is 233 g/mol. The summed E-state index contributed by atoms with van der Waals surface area (Å²) in [6.45, 7) is 0.213. The minimum Gasteiger partial charge on any atom is -0.396 e. The van der Waals surface area contributed by atoms with E-state index < -0.39 is 0 Å². The van der Waals surface area contributed by atoms with Gasteiger partial charge in [0.25, 0.3) is 0 Å². The summed E-state index contributed by atoms with van der Waals surface area (Å²) in [5.74, 6) is 0.705. The Hall–Kier alpha value is -1.69. The van der Waals surface area contributed by atoms with Crippen molar-refractivity contribution in [2.45, 2.75) is 25.3 Å². The van der Waals surface area contributed by atoms with Crippen LogP contribution in [0.4, 0.5) is 5.82 Å². The second-order valence-corrected chi connectivity index (χ2v) is 4.52. The minimum atomic E-state index is 0.213. The van der Waals surface area contributed by atoms with Crippen molar-refractivity contribution in [1.82, 2.24) is 19.5 Å². The fraction of sp³-hybridized carbons (Fsp3) is 0.545. The van der Waals surface area contributed by atoms with Gasteiger partial charge in [0.1, 0.15) is 11.8 Å². The molecule has 17 heavy (non-hydrogen) atoms. The van der Waals surface area contributed by atoms with Crippen LogP contribution in [-0.4, -0.2) is 31.2 Å². The third kappa shape index (κ3) is 1.56. The Labute approximate surface area is 98.5 Å². The van der Waals surface area contributed by atoms with Gasteiger partial charge in [-0.1, -0.05) is 6.42 Å². The molecule has 1 fully saturated rings. The van der Waals surface area contributed by atoms with Gasteiger partial charge in [0, 0.05) is 18.6 Å². The highest BCUT2D eigenvalue weighted by molar-refractivity contribution is 5.81. The van der Waals surface area contributed by atoms with Gasteiger partial charge in [-0.05, 0) is 12.8 Å². The lowest BCUT2D eigenvalue weighted by molar-refractivity contribution is 0.197. The maximum Gasteiger partial charge on any atom is 0.165 e. The van der Waals surface area contributed by atoms with Crippen molar-refractivity contribution in [3.63, 3.8) is 0 Å². The number of fused-ring (bicyclic) bond motifs is 1. The number of nitrogen functional groups attached to an aromatic ring is 1. The van der Waals surface area contributed by atoms with E-state index in [1.165, 1.54) is 6.33 Å². The van der Waals surface area contributed by atoms with E-state index in [1.807, 2.05) is 4.57 Å². The third-order valence-electron chi connectivity index (χ3n) is 3.60. The molecule has 0 radical (unpaired) electrons. The summed E-state index contributed by atoms with van der Waals surface area (Å²) in [6.07, 6.45) is 6.46. The topological polar surface area (TPSA) is 89.9 Å². The van der Waals surface area contributed by atoms with Crippen LogP contribution in [0.2, 0.25) is 0 Å². The van der Waals surface area contributed by atoms with Crippen LogP contribution < -0.4 is 5.73 Å². The third-order valence-corrected chi connectivity index (χ3v) is 3.60. The summed E-state index contributed by atoms with van der Waals surface area (Å²) >= 11 is 0. The van der Waals surface area contributed by atoms with Gasteiger partial charge in [-0.3, -0.25) is 0 Å². The highest BCUT2D eigenvalue weighted by Crippen LogP contribution is 2.36. The molecule has 0 unspecified atom stereocenters. The number of imidazole rings is 1. The van der Waals surface area contributed by atoms with Crippen molar-refractivity contribution >= 4 is 17.0 Å². The fourth-order valence-electron chi connectivity index (χ4n) is 2.71. The molecule has 2 atom stereocenters. The highest BCUT2D eigenvalue weighted by Gasteiger charge is 2.29. The minimum absolute atomic E-state index is 0.213. The van der Waals surface area contributed by atoms with E-state index in [2.05, 4.69) is 15.0 Å². The molecule has 1 aliphatic rings. The molecule has 0 aromatic carbocycles. The van der Waals surface area contributed by atoms with E-state index in [-0.39, 0.29) is 12.6 Å². The molecule has 0 amide bonds. The lowest BCUT2D eigenvalue weighted by atomic mass is 10.1. The van der Waals surface area contributed by atoms with Gasteiger partial charge in [0.05, 0.1) is 6.33 Å². The van der Waals surface area contributed by atoms with Crippen LogP contribution in [0, 0.1) is 5.92 Å². The first-order valence-corrected chi connectivity index (χ1v) is 5.85. The molecule has 0 aliphatic heterocycles. The Balaban J connectivity index is 2.09. The van der Waals surface area contributed by atoms with Crippen molar-refractivity contribution in [2.75, 3.05) is 12.3 Å². The molecule has 6 heteroatoms. The number of aliphatic hydroxyl groups excluding tert-OH is 1. The normalized spacial score (nSPS) is 24.5. The summed E-state index contributed by atoms with van der Waals surface area (Å²) < 4.78 is 2.03. The van der Waals surface area contributed by atoms with E-state index in [0.717, 1.165) is 24.9 Å². The number of hydrogen-bond donors (Lipinski definition) is 2. The first kappa shape index (κ1) is 10.5. The summed E-state index contributed by atoms with van der Waals surface area (Å²) in [5, 5.41) is 9.37. The lowest BCUT2D eigenvalue weighted by Gasteiger charge is -2.19. The first-order valence-electron chi connectivity index (χ1n) is 5.85. The van der Waals surface area contributed by atoms with Gasteiger partial charge in [0.2, 0.25) is 0 Å². The van der Waals surface area contributed by atoms with Crippen LogP contribution in [0.25, 0.3) is 11.2 Å². The molecule has 2 aromatic heterocycles. The number of aromatic nitrogens is 4. The fourth-order valence-corrected chi connectivity index (χ4v) is 2.71. The largest absolute Gasteiger partial charge is 0.396 e. The number of anilines is 1. The van der Waals surface area contributed by atoms with Gasteiger partial charge in [-0.25, -0.2) is 15.0 Å². The molecular formula is C11H15N5O. The molecule has 1 saturated carbocycles. The molecule has 2 heterocycles. The lowest BCUT2D eigenvalue weighted by Crippen LogP contribution is -2.16. The van der Waals surface area contributed by atoms with Crippen molar-refractivity contribution in [3.05, 3.63) is 12.7 Å². The molecule has 90 valence electrons. The van der Waals surface area contributed by atoms with Gasteiger partial charge in [0.15, 0.2) is 11.5 Å². The Bertz CT molecular complexity index is 538. The predicted octanol–water partition coefficient (Wildman–Crippen LogP) is 0.742. The zero-order valence-electron chi connectivity index (χ0n) is 9.45. The number of nitrogens with two attached hydrogens (primary N) is 1. The van der Waals surface area contributed by atoms with Crippen LogP contribution in [-0.2, 0) is 0 Å². The standard InChI is InChI=1S/C11H15N5O/c12-10-9-11(14-5-13-10)16(6-15-9)8-3-1-2-7(8)4-17/h5-8,17H,1-4H2,(H2,12,13,14)/t7-,8-/m1/s1. The zero-order valence-corrected chi connectivity index (χ0v) is 9.45. The van der Waals surface area contributed by atoms with Gasteiger partial charge in [-0.15, -0.1) is 0 Å². The Kier molecular flexibility index (Phi) is 2.44. The van der Waals surface area contributed by atoms with Gasteiger partial charge >= 0.3 is 0 Å². The van der Waals surface area contributed by atoms with Crippen molar-refractivity contribution in [3.8, 4) is 0 Å².